The van der Waals surface area contributed by atoms with Gasteiger partial charge in [-0.3, -0.25) is 9.59 Å². The number of Topliss-reactive ketones (excluding diaryl/α,β-unsaturated/α-hetero) is 1. The zero-order chi connectivity index (χ0) is 25.8. The third-order valence-electron chi connectivity index (χ3n) is 5.81. The van der Waals surface area contributed by atoms with Crippen LogP contribution in [0.1, 0.15) is 60.3 Å². The molecule has 0 atom stereocenters. The Morgan fingerprint density at radius 3 is 2.43 bits per heavy atom. The van der Waals surface area contributed by atoms with Crippen LogP contribution in [0, 0.1) is 5.41 Å². The fourth-order valence-electron chi connectivity index (χ4n) is 3.93. The van der Waals surface area contributed by atoms with Crippen molar-refractivity contribution < 1.29 is 23.9 Å². The molecule has 186 valence electrons. The Bertz CT molecular complexity index is 1070. The molecule has 0 amide bonds. The molecule has 0 N–H and O–H groups in total. The second kappa shape index (κ2) is 13.4. The minimum absolute atomic E-state index is 0.207. The lowest BCUT2D eigenvalue weighted by molar-refractivity contribution is -0.146. The monoisotopic (exact) mass is 476 g/mol. The summed E-state index contributed by atoms with van der Waals surface area (Å²) in [6, 6.07) is 8.47. The van der Waals surface area contributed by atoms with E-state index in [1.807, 2.05) is 19.1 Å². The first-order chi connectivity index (χ1) is 16.6. The Morgan fingerprint density at radius 1 is 1.03 bits per heavy atom. The number of hydrogen-bond acceptors (Lipinski definition) is 5. The highest BCUT2D eigenvalue weighted by Crippen LogP contribution is 2.40. The van der Waals surface area contributed by atoms with E-state index in [-0.39, 0.29) is 5.41 Å². The van der Waals surface area contributed by atoms with E-state index in [9.17, 15) is 14.4 Å². The Morgan fingerprint density at radius 2 is 1.74 bits per heavy atom. The molecule has 2 rings (SSSR count). The van der Waals surface area contributed by atoms with E-state index in [1.165, 1.54) is 30.1 Å². The normalized spacial score (nSPS) is 16.6. The number of allylic oxidation sites excluding steroid dienone is 9. The van der Waals surface area contributed by atoms with Crippen LogP contribution in [0.25, 0.3) is 0 Å². The maximum absolute atomic E-state index is 12.0. The minimum Gasteiger partial charge on any atom is -0.454 e. The zero-order valence-electron chi connectivity index (χ0n) is 21.4. The number of hydrogen-bond donors (Lipinski definition) is 0. The molecule has 35 heavy (non-hydrogen) atoms. The first-order valence-electron chi connectivity index (χ1n) is 11.9. The highest BCUT2D eigenvalue weighted by Gasteiger charge is 2.26. The lowest BCUT2D eigenvalue weighted by Crippen LogP contribution is -2.19. The number of benzene rings is 1. The van der Waals surface area contributed by atoms with Crippen LogP contribution in [0.4, 0.5) is 0 Å². The van der Waals surface area contributed by atoms with Gasteiger partial charge in [-0.1, -0.05) is 73.6 Å². The number of rotatable bonds is 10. The molecular formula is C30H36O5. The smallest absolute Gasteiger partial charge is 0.331 e. The summed E-state index contributed by atoms with van der Waals surface area (Å²) < 4.78 is 10.0. The van der Waals surface area contributed by atoms with E-state index >= 15 is 0 Å². The molecule has 0 spiro atoms. The second-order valence-electron chi connectivity index (χ2n) is 9.53. The van der Waals surface area contributed by atoms with E-state index in [1.54, 1.807) is 43.3 Å². The summed E-state index contributed by atoms with van der Waals surface area (Å²) in [6.07, 6.45) is 14.5. The van der Waals surface area contributed by atoms with Crippen LogP contribution in [0.3, 0.4) is 0 Å². The van der Waals surface area contributed by atoms with E-state index in [0.717, 1.165) is 12.0 Å². The van der Waals surface area contributed by atoms with Crippen LogP contribution in [-0.4, -0.2) is 24.3 Å². The number of ketones is 1. The molecule has 0 aromatic heterocycles. The number of carbonyl (C=O) groups is 3. The first-order valence-corrected chi connectivity index (χ1v) is 11.9. The molecule has 0 heterocycles. The molecule has 0 saturated heterocycles. The van der Waals surface area contributed by atoms with Gasteiger partial charge in [0.1, 0.15) is 12.2 Å². The Balaban J connectivity index is 1.80. The van der Waals surface area contributed by atoms with Gasteiger partial charge in [0.05, 0.1) is 0 Å². The summed E-state index contributed by atoms with van der Waals surface area (Å²) in [5, 5.41) is 0. The van der Waals surface area contributed by atoms with Gasteiger partial charge < -0.3 is 9.47 Å². The summed E-state index contributed by atoms with van der Waals surface area (Å²) in [5.41, 5.74) is 4.88. The molecule has 5 heteroatoms. The van der Waals surface area contributed by atoms with Crippen LogP contribution in [0.2, 0.25) is 0 Å². The maximum atomic E-state index is 12.0. The maximum Gasteiger partial charge on any atom is 0.331 e. The summed E-state index contributed by atoms with van der Waals surface area (Å²) in [5.74, 6) is -1.50. The first kappa shape index (κ1) is 27.8. The Labute approximate surface area is 208 Å². The molecule has 1 aliphatic rings. The van der Waals surface area contributed by atoms with Crippen LogP contribution in [0.5, 0.6) is 5.75 Å². The molecular weight excluding hydrogens is 440 g/mol. The molecule has 1 aromatic rings. The van der Waals surface area contributed by atoms with Gasteiger partial charge in [-0.25, -0.2) is 4.79 Å². The molecule has 0 aliphatic heterocycles. The summed E-state index contributed by atoms with van der Waals surface area (Å²) >= 11 is 0. The third-order valence-corrected chi connectivity index (χ3v) is 5.81. The van der Waals surface area contributed by atoms with Crippen molar-refractivity contribution in [2.24, 2.45) is 5.41 Å². The van der Waals surface area contributed by atoms with E-state index < -0.39 is 30.7 Å². The van der Waals surface area contributed by atoms with Crippen molar-refractivity contribution in [1.82, 2.24) is 0 Å². The summed E-state index contributed by atoms with van der Waals surface area (Å²) in [7, 11) is 0. The lowest BCUT2D eigenvalue weighted by Gasteiger charge is -2.32. The fourth-order valence-corrected chi connectivity index (χ4v) is 3.93. The van der Waals surface area contributed by atoms with Gasteiger partial charge >= 0.3 is 11.9 Å². The van der Waals surface area contributed by atoms with E-state index in [4.69, 9.17) is 9.47 Å². The van der Waals surface area contributed by atoms with Gasteiger partial charge in [-0.2, -0.15) is 0 Å². The van der Waals surface area contributed by atoms with Crippen molar-refractivity contribution in [3.63, 3.8) is 0 Å². The second-order valence-corrected chi connectivity index (χ2v) is 9.53. The molecule has 0 fully saturated rings. The molecule has 1 aliphatic carbocycles. The van der Waals surface area contributed by atoms with Crippen LogP contribution in [0.15, 0.2) is 89.1 Å². The average molecular weight is 477 g/mol. The standard InChI is InChI=1S/C30H36O5/c1-22(16-17-27-24(3)13-10-18-30(27,4)5)11-9-12-23(2)19-28(32)34-21-25(31)20-29(33)35-26-14-7-6-8-15-26/h6-9,11-12,14-17,19H,10,13,18,20-21H2,1-5H3/b12-9+,17-16+,22-11+,23-19+. The molecule has 0 radical (unpaired) electrons. The Kier molecular flexibility index (Phi) is 10.7. The SMILES string of the molecule is CC1=C(/C=C/C(C)=C/C=C/C(C)=C/C(=O)OCC(=O)CC(=O)Oc2ccccc2)C(C)(C)CCC1. The van der Waals surface area contributed by atoms with Crippen molar-refractivity contribution in [2.75, 3.05) is 6.61 Å². The van der Waals surface area contributed by atoms with Crippen molar-refractivity contribution in [3.05, 3.63) is 89.1 Å². The predicted molar refractivity (Wildman–Crippen MR) is 139 cm³/mol. The van der Waals surface area contributed by atoms with E-state index in [0.29, 0.717) is 11.3 Å². The molecule has 0 saturated carbocycles. The predicted octanol–water partition coefficient (Wildman–Crippen LogP) is 6.63. The topological polar surface area (TPSA) is 69.7 Å². The molecule has 5 nitrogen and oxygen atoms in total. The van der Waals surface area contributed by atoms with Gasteiger partial charge in [-0.05, 0) is 68.7 Å². The molecule has 1 aromatic carbocycles. The van der Waals surface area contributed by atoms with Crippen LogP contribution < -0.4 is 4.74 Å². The number of esters is 2. The van der Waals surface area contributed by atoms with Crippen LogP contribution >= 0.6 is 0 Å². The largest absolute Gasteiger partial charge is 0.454 e. The summed E-state index contributed by atoms with van der Waals surface area (Å²) in [4.78, 5) is 35.6. The summed E-state index contributed by atoms with van der Waals surface area (Å²) in [6.45, 7) is 10.1. The highest BCUT2D eigenvalue weighted by atomic mass is 16.5. The van der Waals surface area contributed by atoms with Crippen molar-refractivity contribution in [1.29, 1.82) is 0 Å². The van der Waals surface area contributed by atoms with Crippen molar-refractivity contribution in [3.8, 4) is 5.75 Å². The van der Waals surface area contributed by atoms with E-state index in [2.05, 4.69) is 32.9 Å². The number of para-hydroxylation sites is 1. The van der Waals surface area contributed by atoms with Crippen molar-refractivity contribution >= 4 is 17.7 Å². The highest BCUT2D eigenvalue weighted by molar-refractivity contribution is 5.98. The Hall–Kier alpha value is -3.47. The number of carbonyl (C=O) groups excluding carboxylic acids is 3. The van der Waals surface area contributed by atoms with Gasteiger partial charge in [0, 0.05) is 6.08 Å². The zero-order valence-corrected chi connectivity index (χ0v) is 21.4. The van der Waals surface area contributed by atoms with Crippen molar-refractivity contribution in [2.45, 2.75) is 60.3 Å². The third kappa shape index (κ3) is 10.1. The van der Waals surface area contributed by atoms with Gasteiger partial charge in [0.25, 0.3) is 0 Å². The fraction of sp³-hybridized carbons (Fsp3) is 0.367. The molecule has 0 unspecified atom stereocenters. The lowest BCUT2D eigenvalue weighted by atomic mass is 9.72. The van der Waals surface area contributed by atoms with Gasteiger partial charge in [0.2, 0.25) is 0 Å². The van der Waals surface area contributed by atoms with Gasteiger partial charge in [0.15, 0.2) is 12.4 Å². The molecule has 0 bridgehead atoms. The van der Waals surface area contributed by atoms with Crippen LogP contribution in [-0.2, 0) is 19.1 Å². The quantitative estimate of drug-likeness (QED) is 0.125. The number of ether oxygens (including phenoxy) is 2. The van der Waals surface area contributed by atoms with Gasteiger partial charge in [-0.15, -0.1) is 0 Å². The minimum atomic E-state index is -0.693. The average Bonchev–Trinajstić information content (AvgIpc) is 2.77.